The topological polar surface area (TPSA) is 80.0 Å². The van der Waals surface area contributed by atoms with Crippen LogP contribution in [0.3, 0.4) is 0 Å². The number of nitrogens with one attached hydrogen (secondary N) is 1. The molecule has 2 aromatic rings. The normalized spacial score (nSPS) is 9.86. The molecule has 0 unspecified atom stereocenters. The Morgan fingerprint density at radius 2 is 2.29 bits per heavy atom. The molecule has 108 valence electrons. The summed E-state index contributed by atoms with van der Waals surface area (Å²) >= 11 is 0. The second-order valence-corrected chi connectivity index (χ2v) is 4.53. The Labute approximate surface area is 122 Å². The minimum atomic E-state index is -0.246. The van der Waals surface area contributed by atoms with Gasteiger partial charge in [0.15, 0.2) is 5.82 Å². The average Bonchev–Trinajstić information content (AvgIpc) is 2.88. The van der Waals surface area contributed by atoms with E-state index in [-0.39, 0.29) is 19.1 Å². The molecule has 21 heavy (non-hydrogen) atoms. The van der Waals surface area contributed by atoms with Crippen molar-refractivity contribution in [3.05, 3.63) is 47.0 Å². The van der Waals surface area contributed by atoms with Crippen LogP contribution in [0.4, 0.5) is 0 Å². The Balaban J connectivity index is 2.14. The Morgan fingerprint density at radius 3 is 2.95 bits per heavy atom. The summed E-state index contributed by atoms with van der Waals surface area (Å²) in [4.78, 5) is 16.3. The van der Waals surface area contributed by atoms with Gasteiger partial charge in [-0.3, -0.25) is 9.48 Å². The van der Waals surface area contributed by atoms with Gasteiger partial charge in [0.05, 0.1) is 12.1 Å². The highest BCUT2D eigenvalue weighted by Gasteiger charge is 2.11. The number of aliphatic hydroxyl groups is 1. The van der Waals surface area contributed by atoms with Crippen molar-refractivity contribution in [1.82, 2.24) is 20.1 Å². The third-order valence-corrected chi connectivity index (χ3v) is 2.78. The third kappa shape index (κ3) is 3.91. The Morgan fingerprint density at radius 1 is 1.48 bits per heavy atom. The van der Waals surface area contributed by atoms with E-state index in [9.17, 15) is 4.79 Å². The van der Waals surface area contributed by atoms with E-state index in [1.54, 1.807) is 24.1 Å². The zero-order chi connectivity index (χ0) is 15.2. The predicted molar refractivity (Wildman–Crippen MR) is 77.3 cm³/mol. The van der Waals surface area contributed by atoms with E-state index in [4.69, 9.17) is 5.11 Å². The lowest BCUT2D eigenvalue weighted by atomic mass is 10.0. The number of rotatable bonds is 3. The van der Waals surface area contributed by atoms with Crippen LogP contribution in [0.15, 0.2) is 24.5 Å². The zero-order valence-corrected chi connectivity index (χ0v) is 11.9. The fraction of sp³-hybridized carbons (Fsp3) is 0.267. The third-order valence-electron chi connectivity index (χ3n) is 2.78. The number of amides is 1. The van der Waals surface area contributed by atoms with Crippen LogP contribution in [0.25, 0.3) is 0 Å². The van der Waals surface area contributed by atoms with Gasteiger partial charge in [-0.25, -0.2) is 4.98 Å². The van der Waals surface area contributed by atoms with Crippen molar-refractivity contribution in [2.24, 2.45) is 7.05 Å². The van der Waals surface area contributed by atoms with Crippen molar-refractivity contribution >= 4 is 5.91 Å². The lowest BCUT2D eigenvalue weighted by Gasteiger charge is -2.06. The fourth-order valence-electron chi connectivity index (χ4n) is 1.81. The van der Waals surface area contributed by atoms with Crippen molar-refractivity contribution in [2.45, 2.75) is 13.5 Å². The first-order valence-corrected chi connectivity index (χ1v) is 6.43. The molecule has 1 aromatic heterocycles. The molecule has 1 aromatic carbocycles. The van der Waals surface area contributed by atoms with Gasteiger partial charge in [0.1, 0.15) is 12.9 Å². The minimum absolute atomic E-state index is 0.243. The van der Waals surface area contributed by atoms with Crippen LogP contribution in [-0.2, 0) is 13.6 Å². The van der Waals surface area contributed by atoms with Crippen molar-refractivity contribution in [2.75, 3.05) is 6.61 Å². The zero-order valence-electron chi connectivity index (χ0n) is 11.9. The van der Waals surface area contributed by atoms with Crippen LogP contribution >= 0.6 is 0 Å². The average molecular weight is 284 g/mol. The number of aryl methyl sites for hydroxylation is 2. The second-order valence-electron chi connectivity index (χ2n) is 4.53. The highest BCUT2D eigenvalue weighted by molar-refractivity contribution is 5.96. The van der Waals surface area contributed by atoms with E-state index in [2.05, 4.69) is 27.2 Å². The van der Waals surface area contributed by atoms with Gasteiger partial charge in [-0.05, 0) is 24.6 Å². The van der Waals surface area contributed by atoms with Crippen LogP contribution in [0.1, 0.15) is 27.3 Å². The molecule has 6 nitrogen and oxygen atoms in total. The van der Waals surface area contributed by atoms with Gasteiger partial charge in [0.2, 0.25) is 0 Å². The first-order chi connectivity index (χ1) is 10.1. The molecule has 0 radical (unpaired) electrons. The Bertz CT molecular complexity index is 710. The maximum absolute atomic E-state index is 12.2. The molecular formula is C15H16N4O2. The molecule has 0 aliphatic carbocycles. The van der Waals surface area contributed by atoms with E-state index >= 15 is 0 Å². The second kappa shape index (κ2) is 6.68. The molecular weight excluding hydrogens is 268 g/mol. The number of carbonyl (C=O) groups is 1. The van der Waals surface area contributed by atoms with Gasteiger partial charge in [-0.2, -0.15) is 5.10 Å². The molecule has 6 heteroatoms. The first-order valence-electron chi connectivity index (χ1n) is 6.43. The Kier molecular flexibility index (Phi) is 4.69. The maximum atomic E-state index is 12.2. The fourth-order valence-corrected chi connectivity index (χ4v) is 1.81. The van der Waals surface area contributed by atoms with Crippen molar-refractivity contribution in [3.63, 3.8) is 0 Å². The largest absolute Gasteiger partial charge is 0.384 e. The van der Waals surface area contributed by atoms with Crippen molar-refractivity contribution < 1.29 is 9.90 Å². The molecule has 1 amide bonds. The van der Waals surface area contributed by atoms with Crippen LogP contribution in [0.5, 0.6) is 0 Å². The predicted octanol–water partition coefficient (Wildman–Crippen LogP) is 0.397. The number of nitrogens with zero attached hydrogens (tertiary/aromatic N) is 3. The van der Waals surface area contributed by atoms with E-state index in [0.29, 0.717) is 17.0 Å². The number of aromatic nitrogens is 3. The quantitative estimate of drug-likeness (QED) is 0.799. The highest BCUT2D eigenvalue weighted by atomic mass is 16.2. The number of hydrogen-bond acceptors (Lipinski definition) is 4. The molecule has 0 aliphatic heterocycles. The van der Waals surface area contributed by atoms with Gasteiger partial charge in [-0.1, -0.05) is 17.9 Å². The maximum Gasteiger partial charge on any atom is 0.252 e. The summed E-state index contributed by atoms with van der Waals surface area (Å²) in [6, 6.07) is 5.38. The molecule has 0 fully saturated rings. The lowest BCUT2D eigenvalue weighted by Crippen LogP contribution is -2.24. The van der Waals surface area contributed by atoms with Crippen molar-refractivity contribution in [1.29, 1.82) is 0 Å². The van der Waals surface area contributed by atoms with Gasteiger partial charge < -0.3 is 10.4 Å². The van der Waals surface area contributed by atoms with Crippen LogP contribution in [0, 0.1) is 18.8 Å². The highest BCUT2D eigenvalue weighted by Crippen LogP contribution is 2.11. The lowest BCUT2D eigenvalue weighted by molar-refractivity contribution is 0.0949. The summed E-state index contributed by atoms with van der Waals surface area (Å²) in [5, 5.41) is 15.6. The molecule has 0 saturated carbocycles. The molecule has 1 heterocycles. The standard InChI is InChI=1S/C15H16N4O2/c1-11-5-6-13(12(8-11)4-3-7-20)15(21)16-9-14-17-10-19(2)18-14/h5-6,8,10,20H,7,9H2,1-2H3,(H,16,21). The van der Waals surface area contributed by atoms with Crippen molar-refractivity contribution in [3.8, 4) is 11.8 Å². The SMILES string of the molecule is Cc1ccc(C(=O)NCc2ncn(C)n2)c(C#CCO)c1. The van der Waals surface area contributed by atoms with Gasteiger partial charge >= 0.3 is 0 Å². The number of hydrogen-bond donors (Lipinski definition) is 2. The summed E-state index contributed by atoms with van der Waals surface area (Å²) in [7, 11) is 1.76. The monoisotopic (exact) mass is 284 g/mol. The van der Waals surface area contributed by atoms with E-state index in [1.165, 1.54) is 0 Å². The number of benzene rings is 1. The first kappa shape index (κ1) is 14.8. The summed E-state index contributed by atoms with van der Waals surface area (Å²) in [6.07, 6.45) is 1.57. The molecule has 0 saturated heterocycles. The van der Waals surface area contributed by atoms with Gasteiger partial charge in [0, 0.05) is 12.6 Å². The molecule has 0 aliphatic rings. The minimum Gasteiger partial charge on any atom is -0.384 e. The number of carbonyl (C=O) groups excluding carboxylic acids is 1. The smallest absolute Gasteiger partial charge is 0.252 e. The van der Waals surface area contributed by atoms with Crippen LogP contribution < -0.4 is 5.32 Å². The molecule has 2 rings (SSSR count). The van der Waals surface area contributed by atoms with Crippen LogP contribution in [0.2, 0.25) is 0 Å². The van der Waals surface area contributed by atoms with Crippen LogP contribution in [-0.4, -0.2) is 32.4 Å². The molecule has 0 spiro atoms. The van der Waals surface area contributed by atoms with E-state index in [1.807, 2.05) is 19.1 Å². The molecule has 0 bridgehead atoms. The summed E-state index contributed by atoms with van der Waals surface area (Å²) in [6.45, 7) is 1.93. The van der Waals surface area contributed by atoms with E-state index in [0.717, 1.165) is 5.56 Å². The van der Waals surface area contributed by atoms with Gasteiger partial charge in [0.25, 0.3) is 5.91 Å². The summed E-state index contributed by atoms with van der Waals surface area (Å²) in [5.74, 6) is 5.65. The summed E-state index contributed by atoms with van der Waals surface area (Å²) in [5.41, 5.74) is 2.06. The molecule has 2 N–H and O–H groups in total. The van der Waals surface area contributed by atoms with E-state index < -0.39 is 0 Å². The molecule has 0 atom stereocenters. The Hall–Kier alpha value is -2.65. The summed E-state index contributed by atoms with van der Waals surface area (Å²) < 4.78 is 1.57. The number of aliphatic hydroxyl groups excluding tert-OH is 1. The van der Waals surface area contributed by atoms with Gasteiger partial charge in [-0.15, -0.1) is 0 Å².